The second kappa shape index (κ2) is 7.57. The van der Waals surface area contributed by atoms with Crippen molar-refractivity contribution < 1.29 is 22.7 Å². The van der Waals surface area contributed by atoms with Gasteiger partial charge in [0.1, 0.15) is 11.6 Å². The van der Waals surface area contributed by atoms with Gasteiger partial charge in [-0.05, 0) is 55.5 Å². The number of hydrogen-bond donors (Lipinski definition) is 1. The van der Waals surface area contributed by atoms with Crippen LogP contribution in [0.2, 0.25) is 0 Å². The Morgan fingerprint density at radius 3 is 2.38 bits per heavy atom. The van der Waals surface area contributed by atoms with Crippen LogP contribution in [0.4, 0.5) is 18.3 Å². The molecule has 3 rings (SSSR count). The molecule has 0 atom stereocenters. The van der Waals surface area contributed by atoms with E-state index >= 15 is 0 Å². The number of aromatic nitrogens is 1. The van der Waals surface area contributed by atoms with Crippen molar-refractivity contribution in [1.29, 1.82) is 0 Å². The molecule has 1 aromatic heterocycles. The molecule has 0 aliphatic heterocycles. The zero-order valence-corrected chi connectivity index (χ0v) is 14.3. The number of anilines is 1. The van der Waals surface area contributed by atoms with Crippen molar-refractivity contribution >= 4 is 22.4 Å². The number of thiazole rings is 1. The number of carbonyl (C=O) groups is 1. The minimum absolute atomic E-state index is 0.0569. The Morgan fingerprint density at radius 2 is 1.77 bits per heavy atom. The van der Waals surface area contributed by atoms with Gasteiger partial charge >= 0.3 is 6.61 Å². The summed E-state index contributed by atoms with van der Waals surface area (Å²) in [7, 11) is 0. The molecule has 0 fully saturated rings. The Kier molecular flexibility index (Phi) is 5.22. The van der Waals surface area contributed by atoms with Crippen LogP contribution in [-0.4, -0.2) is 17.5 Å². The number of rotatable bonds is 5. The van der Waals surface area contributed by atoms with Crippen LogP contribution >= 0.6 is 11.3 Å². The van der Waals surface area contributed by atoms with Crippen molar-refractivity contribution in [2.24, 2.45) is 0 Å². The summed E-state index contributed by atoms with van der Waals surface area (Å²) >= 11 is 1.28. The van der Waals surface area contributed by atoms with Crippen LogP contribution in [0.5, 0.6) is 5.75 Å². The van der Waals surface area contributed by atoms with Gasteiger partial charge in [-0.1, -0.05) is 0 Å². The third kappa shape index (κ3) is 4.20. The van der Waals surface area contributed by atoms with Crippen molar-refractivity contribution in [3.05, 3.63) is 64.8 Å². The zero-order chi connectivity index (χ0) is 18.7. The highest BCUT2D eigenvalue weighted by atomic mass is 32.1. The standard InChI is InChI=1S/C18H13F3N2O2S/c1-10-15(11-4-8-14(9-5-11)25-17(20)21)22-18(26-10)23-16(24)12-2-6-13(19)7-3-12/h2-9,17H,1H3,(H,22,23,24). The smallest absolute Gasteiger partial charge is 0.387 e. The number of ether oxygens (including phenoxy) is 1. The lowest BCUT2D eigenvalue weighted by molar-refractivity contribution is -0.0498. The van der Waals surface area contributed by atoms with E-state index in [1.807, 2.05) is 6.92 Å². The molecule has 4 nitrogen and oxygen atoms in total. The quantitative estimate of drug-likeness (QED) is 0.671. The molecule has 0 unspecified atom stereocenters. The van der Waals surface area contributed by atoms with Crippen molar-refractivity contribution in [3.63, 3.8) is 0 Å². The number of halogens is 3. The molecule has 26 heavy (non-hydrogen) atoms. The summed E-state index contributed by atoms with van der Waals surface area (Å²) in [5, 5.41) is 3.06. The molecule has 3 aromatic rings. The van der Waals surface area contributed by atoms with Crippen LogP contribution in [0.25, 0.3) is 11.3 Å². The van der Waals surface area contributed by atoms with Crippen molar-refractivity contribution in [2.45, 2.75) is 13.5 Å². The van der Waals surface area contributed by atoms with E-state index in [-0.39, 0.29) is 5.75 Å². The van der Waals surface area contributed by atoms with E-state index in [2.05, 4.69) is 15.0 Å². The molecule has 0 aliphatic rings. The summed E-state index contributed by atoms with van der Waals surface area (Å²) < 4.78 is 41.6. The van der Waals surface area contributed by atoms with Gasteiger partial charge in [-0.25, -0.2) is 9.37 Å². The molecule has 1 heterocycles. The van der Waals surface area contributed by atoms with Gasteiger partial charge in [0.2, 0.25) is 0 Å². The first-order valence-corrected chi connectivity index (χ1v) is 8.33. The molecule has 2 aromatic carbocycles. The van der Waals surface area contributed by atoms with Gasteiger partial charge < -0.3 is 4.74 Å². The molecular formula is C18H13F3N2O2S. The van der Waals surface area contributed by atoms with Crippen LogP contribution in [0.15, 0.2) is 48.5 Å². The fraction of sp³-hybridized carbons (Fsp3) is 0.111. The summed E-state index contributed by atoms with van der Waals surface area (Å²) in [5.74, 6) is -0.763. The van der Waals surface area contributed by atoms with Gasteiger partial charge in [0, 0.05) is 16.0 Å². The minimum atomic E-state index is -2.88. The number of amides is 1. The van der Waals surface area contributed by atoms with E-state index in [1.54, 1.807) is 12.1 Å². The predicted octanol–water partition coefficient (Wildman–Crippen LogP) is 5.11. The number of benzene rings is 2. The van der Waals surface area contributed by atoms with E-state index < -0.39 is 18.3 Å². The third-order valence-corrected chi connectivity index (χ3v) is 4.36. The van der Waals surface area contributed by atoms with Crippen LogP contribution in [0.1, 0.15) is 15.2 Å². The summed E-state index contributed by atoms with van der Waals surface area (Å²) in [6, 6.07) is 11.3. The van der Waals surface area contributed by atoms with Gasteiger partial charge in [0.05, 0.1) is 5.69 Å². The third-order valence-electron chi connectivity index (χ3n) is 3.48. The molecule has 0 saturated heterocycles. The molecule has 1 amide bonds. The Bertz CT molecular complexity index is 909. The molecule has 0 radical (unpaired) electrons. The largest absolute Gasteiger partial charge is 0.435 e. The molecule has 1 N–H and O–H groups in total. The number of nitrogens with one attached hydrogen (secondary N) is 1. The summed E-state index contributed by atoms with van der Waals surface area (Å²) in [6.07, 6.45) is 0. The molecule has 0 spiro atoms. The van der Waals surface area contributed by atoms with Crippen LogP contribution in [0, 0.1) is 12.7 Å². The highest BCUT2D eigenvalue weighted by molar-refractivity contribution is 7.16. The van der Waals surface area contributed by atoms with Crippen molar-refractivity contribution in [1.82, 2.24) is 4.98 Å². The van der Waals surface area contributed by atoms with Crippen LogP contribution < -0.4 is 10.1 Å². The average Bonchev–Trinajstić information content (AvgIpc) is 2.96. The van der Waals surface area contributed by atoms with E-state index in [4.69, 9.17) is 0 Å². The second-order valence-electron chi connectivity index (χ2n) is 5.29. The topological polar surface area (TPSA) is 51.2 Å². The monoisotopic (exact) mass is 378 g/mol. The lowest BCUT2D eigenvalue weighted by Gasteiger charge is -2.05. The van der Waals surface area contributed by atoms with Gasteiger partial charge in [-0.2, -0.15) is 8.78 Å². The Balaban J connectivity index is 1.76. The maximum absolute atomic E-state index is 12.9. The van der Waals surface area contributed by atoms with Gasteiger partial charge in [-0.3, -0.25) is 10.1 Å². The minimum Gasteiger partial charge on any atom is -0.435 e. The van der Waals surface area contributed by atoms with Gasteiger partial charge in [0.15, 0.2) is 5.13 Å². The lowest BCUT2D eigenvalue weighted by Crippen LogP contribution is -2.11. The SMILES string of the molecule is Cc1sc(NC(=O)c2ccc(F)cc2)nc1-c1ccc(OC(F)F)cc1. The lowest BCUT2D eigenvalue weighted by atomic mass is 10.1. The first-order valence-electron chi connectivity index (χ1n) is 7.52. The number of hydrogen-bond acceptors (Lipinski definition) is 4. The van der Waals surface area contributed by atoms with E-state index in [0.717, 1.165) is 4.88 Å². The summed E-state index contributed by atoms with van der Waals surface area (Å²) in [4.78, 5) is 17.4. The summed E-state index contributed by atoms with van der Waals surface area (Å²) in [6.45, 7) is -1.04. The van der Waals surface area contributed by atoms with Gasteiger partial charge in [0.25, 0.3) is 5.91 Å². The van der Waals surface area contributed by atoms with Crippen LogP contribution in [0.3, 0.4) is 0 Å². The highest BCUT2D eigenvalue weighted by Crippen LogP contribution is 2.31. The zero-order valence-electron chi connectivity index (χ0n) is 13.5. The van der Waals surface area contributed by atoms with Gasteiger partial charge in [-0.15, -0.1) is 11.3 Å². The first-order chi connectivity index (χ1) is 12.4. The van der Waals surface area contributed by atoms with E-state index in [1.165, 1.54) is 47.7 Å². The molecule has 134 valence electrons. The Morgan fingerprint density at radius 1 is 1.12 bits per heavy atom. The van der Waals surface area contributed by atoms with Crippen LogP contribution in [-0.2, 0) is 0 Å². The highest BCUT2D eigenvalue weighted by Gasteiger charge is 2.14. The second-order valence-corrected chi connectivity index (χ2v) is 6.49. The molecule has 8 heteroatoms. The normalized spacial score (nSPS) is 10.8. The fourth-order valence-corrected chi connectivity index (χ4v) is 3.11. The maximum atomic E-state index is 12.9. The molecule has 0 bridgehead atoms. The Labute approximate surface area is 151 Å². The number of carbonyl (C=O) groups excluding carboxylic acids is 1. The molecular weight excluding hydrogens is 365 g/mol. The van der Waals surface area contributed by atoms with E-state index in [0.29, 0.717) is 22.0 Å². The number of alkyl halides is 2. The average molecular weight is 378 g/mol. The Hall–Kier alpha value is -2.87. The maximum Gasteiger partial charge on any atom is 0.387 e. The molecule has 0 aliphatic carbocycles. The summed E-state index contributed by atoms with van der Waals surface area (Å²) in [5.41, 5.74) is 1.66. The van der Waals surface area contributed by atoms with Crippen molar-refractivity contribution in [2.75, 3.05) is 5.32 Å². The number of aryl methyl sites for hydroxylation is 1. The first kappa shape index (κ1) is 17.9. The predicted molar refractivity (Wildman–Crippen MR) is 93.3 cm³/mol. The number of nitrogens with zero attached hydrogens (tertiary/aromatic N) is 1. The fourth-order valence-electron chi connectivity index (χ4n) is 2.28. The van der Waals surface area contributed by atoms with Crippen molar-refractivity contribution in [3.8, 4) is 17.0 Å². The van der Waals surface area contributed by atoms with E-state index in [9.17, 15) is 18.0 Å². The molecule has 0 saturated carbocycles.